The summed E-state index contributed by atoms with van der Waals surface area (Å²) in [5.74, 6) is -0.892. The van der Waals surface area contributed by atoms with Gasteiger partial charge in [0.25, 0.3) is 0 Å². The van der Waals surface area contributed by atoms with Crippen molar-refractivity contribution in [2.75, 3.05) is 0 Å². The molecule has 1 unspecified atom stereocenters. The molecule has 0 saturated carbocycles. The van der Waals surface area contributed by atoms with Crippen LogP contribution in [0.3, 0.4) is 0 Å². The first-order chi connectivity index (χ1) is 7.24. The van der Waals surface area contributed by atoms with Crippen molar-refractivity contribution in [2.45, 2.75) is 18.9 Å². The number of nitrogens with zero attached hydrogens (tertiary/aromatic N) is 1. The van der Waals surface area contributed by atoms with Crippen LogP contribution in [0.5, 0.6) is 0 Å². The molecule has 0 aliphatic rings. The quantitative estimate of drug-likeness (QED) is 0.590. The summed E-state index contributed by atoms with van der Waals surface area (Å²) in [5.41, 5.74) is 0.835. The fourth-order valence-corrected chi connectivity index (χ4v) is 1.30. The Bertz CT molecular complexity index is 369. The predicted octanol–water partition coefficient (Wildman–Crippen LogP) is 1.93. The minimum atomic E-state index is -0.892. The summed E-state index contributed by atoms with van der Waals surface area (Å²) in [5, 5.41) is 8.54. The van der Waals surface area contributed by atoms with Crippen LogP contribution in [0.2, 0.25) is 0 Å². The molecule has 0 fully saturated rings. The second kappa shape index (κ2) is 5.73. The van der Waals surface area contributed by atoms with Crippen LogP contribution >= 0.6 is 0 Å². The Balaban J connectivity index is 2.74. The van der Waals surface area contributed by atoms with Gasteiger partial charge in [-0.1, -0.05) is 30.3 Å². The van der Waals surface area contributed by atoms with E-state index in [0.717, 1.165) is 5.56 Å². The summed E-state index contributed by atoms with van der Waals surface area (Å²) in [4.78, 5) is 24.2. The van der Waals surface area contributed by atoms with Crippen LogP contribution < -0.4 is 0 Å². The molecule has 1 rings (SSSR count). The molecule has 0 saturated heterocycles. The van der Waals surface area contributed by atoms with Gasteiger partial charge in [0.2, 0.25) is 6.08 Å². The van der Waals surface area contributed by atoms with Crippen molar-refractivity contribution in [1.29, 1.82) is 0 Å². The minimum absolute atomic E-state index is 0.00919. The van der Waals surface area contributed by atoms with Gasteiger partial charge in [-0.05, 0) is 12.0 Å². The first-order valence-corrected chi connectivity index (χ1v) is 4.57. The number of carbonyl (C=O) groups excluding carboxylic acids is 1. The van der Waals surface area contributed by atoms with Crippen molar-refractivity contribution in [3.8, 4) is 0 Å². The van der Waals surface area contributed by atoms with Crippen LogP contribution in [0.4, 0.5) is 0 Å². The largest absolute Gasteiger partial charge is 0.481 e. The molecule has 1 N–H and O–H groups in total. The van der Waals surface area contributed by atoms with Gasteiger partial charge >= 0.3 is 5.97 Å². The van der Waals surface area contributed by atoms with E-state index in [1.54, 1.807) is 0 Å². The predicted molar refractivity (Wildman–Crippen MR) is 54.2 cm³/mol. The van der Waals surface area contributed by atoms with E-state index in [0.29, 0.717) is 6.42 Å². The molecule has 4 nitrogen and oxygen atoms in total. The Hall–Kier alpha value is -1.93. The lowest BCUT2D eigenvalue weighted by molar-refractivity contribution is -0.137. The lowest BCUT2D eigenvalue weighted by atomic mass is 10.0. The topological polar surface area (TPSA) is 66.7 Å². The van der Waals surface area contributed by atoms with Gasteiger partial charge in [0.15, 0.2) is 0 Å². The molecule has 1 atom stereocenters. The maximum Gasteiger partial charge on any atom is 0.303 e. The summed E-state index contributed by atoms with van der Waals surface area (Å²) < 4.78 is 0. The Labute approximate surface area is 87.3 Å². The lowest BCUT2D eigenvalue weighted by Crippen LogP contribution is -2.01. The smallest absolute Gasteiger partial charge is 0.303 e. The summed E-state index contributed by atoms with van der Waals surface area (Å²) in [6.07, 6.45) is 1.78. The van der Waals surface area contributed by atoms with Gasteiger partial charge in [0.05, 0.1) is 6.04 Å². The zero-order chi connectivity index (χ0) is 11.1. The highest BCUT2D eigenvalue weighted by molar-refractivity contribution is 5.66. The number of carboxylic acid groups (broad SMARTS) is 1. The molecule has 0 amide bonds. The van der Waals surface area contributed by atoms with Gasteiger partial charge in [0, 0.05) is 6.42 Å². The van der Waals surface area contributed by atoms with Crippen LogP contribution in [0, 0.1) is 0 Å². The van der Waals surface area contributed by atoms with Crippen molar-refractivity contribution in [3.63, 3.8) is 0 Å². The molecular weight excluding hydrogens is 194 g/mol. The van der Waals surface area contributed by atoms with E-state index in [1.165, 1.54) is 6.08 Å². The Morgan fingerprint density at radius 1 is 1.40 bits per heavy atom. The third kappa shape index (κ3) is 3.75. The summed E-state index contributed by atoms with van der Waals surface area (Å²) >= 11 is 0. The summed E-state index contributed by atoms with van der Waals surface area (Å²) in [7, 11) is 0. The second-order valence-electron chi connectivity index (χ2n) is 3.08. The first kappa shape index (κ1) is 11.1. The molecule has 4 heteroatoms. The number of hydrogen-bond acceptors (Lipinski definition) is 3. The monoisotopic (exact) mass is 205 g/mol. The van der Waals surface area contributed by atoms with E-state index >= 15 is 0 Å². The molecule has 1 aromatic rings. The number of carbonyl (C=O) groups is 1. The van der Waals surface area contributed by atoms with Crippen LogP contribution in [0.25, 0.3) is 0 Å². The van der Waals surface area contributed by atoms with E-state index in [-0.39, 0.29) is 6.42 Å². The van der Waals surface area contributed by atoms with Gasteiger partial charge in [-0.3, -0.25) is 4.79 Å². The molecule has 0 heterocycles. The van der Waals surface area contributed by atoms with Gasteiger partial charge in [-0.2, -0.15) is 4.99 Å². The minimum Gasteiger partial charge on any atom is -0.481 e. The maximum atomic E-state index is 10.4. The number of benzene rings is 1. The zero-order valence-corrected chi connectivity index (χ0v) is 8.09. The highest BCUT2D eigenvalue weighted by Crippen LogP contribution is 2.21. The van der Waals surface area contributed by atoms with Crippen molar-refractivity contribution in [2.24, 2.45) is 4.99 Å². The van der Waals surface area contributed by atoms with E-state index in [4.69, 9.17) is 5.11 Å². The van der Waals surface area contributed by atoms with Crippen molar-refractivity contribution in [3.05, 3.63) is 35.9 Å². The van der Waals surface area contributed by atoms with Crippen LogP contribution in [0.15, 0.2) is 35.3 Å². The average Bonchev–Trinajstić information content (AvgIpc) is 2.25. The molecule has 15 heavy (non-hydrogen) atoms. The number of aliphatic imine (C=N–C) groups is 1. The highest BCUT2D eigenvalue weighted by Gasteiger charge is 2.11. The van der Waals surface area contributed by atoms with E-state index < -0.39 is 12.0 Å². The van der Waals surface area contributed by atoms with Crippen LogP contribution in [-0.4, -0.2) is 17.2 Å². The lowest BCUT2D eigenvalue weighted by Gasteiger charge is -2.08. The number of isocyanates is 1. The summed E-state index contributed by atoms with van der Waals surface area (Å²) in [6, 6.07) is 8.72. The normalized spacial score (nSPS) is 11.5. The molecule has 1 aromatic carbocycles. The molecule has 0 spiro atoms. The Kier molecular flexibility index (Phi) is 4.26. The maximum absolute atomic E-state index is 10.4. The molecule has 0 aliphatic carbocycles. The van der Waals surface area contributed by atoms with Gasteiger partial charge in [-0.25, -0.2) is 4.79 Å². The van der Waals surface area contributed by atoms with Gasteiger partial charge in [-0.15, -0.1) is 0 Å². The second-order valence-corrected chi connectivity index (χ2v) is 3.08. The van der Waals surface area contributed by atoms with E-state index in [9.17, 15) is 9.59 Å². The Morgan fingerprint density at radius 3 is 2.60 bits per heavy atom. The zero-order valence-electron chi connectivity index (χ0n) is 8.09. The number of rotatable bonds is 5. The number of hydrogen-bond donors (Lipinski definition) is 1. The fourth-order valence-electron chi connectivity index (χ4n) is 1.30. The Morgan fingerprint density at radius 2 is 2.07 bits per heavy atom. The number of aliphatic carboxylic acids is 1. The molecule has 0 bridgehead atoms. The highest BCUT2D eigenvalue weighted by atomic mass is 16.4. The third-order valence-corrected chi connectivity index (χ3v) is 2.02. The first-order valence-electron chi connectivity index (χ1n) is 4.57. The average molecular weight is 205 g/mol. The molecule has 0 radical (unpaired) electrons. The third-order valence-electron chi connectivity index (χ3n) is 2.02. The van der Waals surface area contributed by atoms with E-state index in [2.05, 4.69) is 4.99 Å². The molecular formula is C11H11NO3. The van der Waals surface area contributed by atoms with Crippen molar-refractivity contribution in [1.82, 2.24) is 0 Å². The fraction of sp³-hybridized carbons (Fsp3) is 0.273. The molecule has 78 valence electrons. The van der Waals surface area contributed by atoms with Crippen molar-refractivity contribution < 1.29 is 14.7 Å². The van der Waals surface area contributed by atoms with Gasteiger partial charge in [0.1, 0.15) is 0 Å². The van der Waals surface area contributed by atoms with Crippen LogP contribution in [0.1, 0.15) is 24.4 Å². The van der Waals surface area contributed by atoms with E-state index in [1.807, 2.05) is 30.3 Å². The SMILES string of the molecule is O=C=NC(CCC(=O)O)c1ccccc1. The molecule has 0 aliphatic heterocycles. The van der Waals surface area contributed by atoms with Crippen LogP contribution in [-0.2, 0) is 9.59 Å². The number of carboxylic acids is 1. The molecule has 0 aromatic heterocycles. The summed E-state index contributed by atoms with van der Waals surface area (Å²) in [6.45, 7) is 0. The van der Waals surface area contributed by atoms with Gasteiger partial charge < -0.3 is 5.11 Å². The standard InChI is InChI=1S/C11H11NO3/c13-8-12-10(6-7-11(14)15)9-4-2-1-3-5-9/h1-5,10H,6-7H2,(H,14,15). The van der Waals surface area contributed by atoms with Crippen molar-refractivity contribution >= 4 is 12.0 Å².